The first kappa shape index (κ1) is 18.1. The van der Waals surface area contributed by atoms with Gasteiger partial charge in [-0.1, -0.05) is 24.3 Å². The summed E-state index contributed by atoms with van der Waals surface area (Å²) >= 11 is 0. The first-order valence-electron chi connectivity index (χ1n) is 10.5. The summed E-state index contributed by atoms with van der Waals surface area (Å²) < 4.78 is 8.50. The minimum Gasteiger partial charge on any atom is -0.487 e. The van der Waals surface area contributed by atoms with Crippen molar-refractivity contribution in [3.05, 3.63) is 65.9 Å². The number of carbonyl (C=O) groups is 1. The van der Waals surface area contributed by atoms with Gasteiger partial charge in [-0.2, -0.15) is 0 Å². The number of benzene rings is 2. The van der Waals surface area contributed by atoms with Crippen molar-refractivity contribution in [1.82, 2.24) is 14.8 Å². The molecular formula is C24H27N3O2. The summed E-state index contributed by atoms with van der Waals surface area (Å²) in [5.74, 6) is 1.02. The molecule has 1 saturated heterocycles. The Kier molecular flexibility index (Phi) is 4.46. The Morgan fingerprint density at radius 2 is 1.93 bits per heavy atom. The van der Waals surface area contributed by atoms with Crippen molar-refractivity contribution in [2.24, 2.45) is 7.05 Å². The van der Waals surface area contributed by atoms with E-state index in [4.69, 9.17) is 4.74 Å². The van der Waals surface area contributed by atoms with Gasteiger partial charge in [-0.3, -0.25) is 0 Å². The molecule has 1 aromatic heterocycles. The van der Waals surface area contributed by atoms with E-state index in [1.807, 2.05) is 18.0 Å². The number of nitrogens with zero attached hydrogens (tertiary/aromatic N) is 2. The van der Waals surface area contributed by atoms with E-state index in [0.29, 0.717) is 6.54 Å². The maximum Gasteiger partial charge on any atom is 0.317 e. The highest BCUT2D eigenvalue weighted by atomic mass is 16.5. The molecule has 150 valence electrons. The molecule has 0 radical (unpaired) electrons. The van der Waals surface area contributed by atoms with Crippen LogP contribution in [0.15, 0.2) is 54.7 Å². The van der Waals surface area contributed by atoms with Crippen molar-refractivity contribution in [1.29, 1.82) is 0 Å². The fourth-order valence-electron chi connectivity index (χ4n) is 4.66. The third kappa shape index (κ3) is 3.46. The molecule has 2 aliphatic rings. The van der Waals surface area contributed by atoms with Crippen LogP contribution in [0, 0.1) is 0 Å². The number of hydrogen-bond acceptors (Lipinski definition) is 2. The van der Waals surface area contributed by atoms with Gasteiger partial charge in [-0.05, 0) is 53.6 Å². The van der Waals surface area contributed by atoms with Crippen molar-refractivity contribution >= 4 is 16.9 Å². The maximum atomic E-state index is 12.7. The second-order valence-corrected chi connectivity index (χ2v) is 8.36. The Bertz CT molecular complexity index is 1050. The number of aromatic nitrogens is 1. The Balaban J connectivity index is 1.17. The number of rotatable bonds is 2. The van der Waals surface area contributed by atoms with E-state index < -0.39 is 0 Å². The van der Waals surface area contributed by atoms with Crippen molar-refractivity contribution in [3.63, 3.8) is 0 Å². The number of likely N-dealkylation sites (tertiary alicyclic amines) is 1. The predicted octanol–water partition coefficient (Wildman–Crippen LogP) is 4.25. The third-order valence-electron chi connectivity index (χ3n) is 6.50. The fourth-order valence-corrected chi connectivity index (χ4v) is 4.66. The molecule has 0 bridgehead atoms. The van der Waals surface area contributed by atoms with Gasteiger partial charge in [0.05, 0.1) is 0 Å². The van der Waals surface area contributed by atoms with Crippen LogP contribution in [-0.2, 0) is 20.0 Å². The van der Waals surface area contributed by atoms with E-state index in [1.54, 1.807) is 0 Å². The van der Waals surface area contributed by atoms with Gasteiger partial charge in [0.1, 0.15) is 11.4 Å². The molecule has 2 aliphatic heterocycles. The third-order valence-corrected chi connectivity index (χ3v) is 6.50. The van der Waals surface area contributed by atoms with E-state index >= 15 is 0 Å². The minimum absolute atomic E-state index is 0.0178. The van der Waals surface area contributed by atoms with Crippen LogP contribution in [0.4, 0.5) is 4.79 Å². The quantitative estimate of drug-likeness (QED) is 0.712. The molecule has 0 unspecified atom stereocenters. The van der Waals surface area contributed by atoms with Gasteiger partial charge in [0.25, 0.3) is 0 Å². The van der Waals surface area contributed by atoms with Crippen LogP contribution in [-0.4, -0.2) is 34.2 Å². The fraction of sp³-hybridized carbons (Fsp3) is 0.375. The first-order chi connectivity index (χ1) is 14.1. The Labute approximate surface area is 171 Å². The molecule has 5 nitrogen and oxygen atoms in total. The molecule has 3 aromatic rings. The van der Waals surface area contributed by atoms with Gasteiger partial charge in [-0.25, -0.2) is 4.79 Å². The van der Waals surface area contributed by atoms with Crippen molar-refractivity contribution in [2.75, 3.05) is 13.1 Å². The number of fused-ring (bicyclic) bond motifs is 2. The van der Waals surface area contributed by atoms with Gasteiger partial charge in [-0.15, -0.1) is 0 Å². The molecule has 29 heavy (non-hydrogen) atoms. The number of ether oxygens (including phenoxy) is 1. The van der Waals surface area contributed by atoms with Crippen LogP contribution in [0.1, 0.15) is 30.4 Å². The normalized spacial score (nSPS) is 17.8. The van der Waals surface area contributed by atoms with Crippen molar-refractivity contribution < 1.29 is 9.53 Å². The molecule has 0 aliphatic carbocycles. The highest BCUT2D eigenvalue weighted by Crippen LogP contribution is 2.39. The van der Waals surface area contributed by atoms with Gasteiger partial charge < -0.3 is 19.5 Å². The van der Waals surface area contributed by atoms with Crippen molar-refractivity contribution in [3.8, 4) is 5.75 Å². The second-order valence-electron chi connectivity index (χ2n) is 8.36. The van der Waals surface area contributed by atoms with Gasteiger partial charge in [0.2, 0.25) is 0 Å². The summed E-state index contributed by atoms with van der Waals surface area (Å²) in [5, 5.41) is 4.29. The van der Waals surface area contributed by atoms with Crippen LogP contribution in [0.5, 0.6) is 5.75 Å². The summed E-state index contributed by atoms with van der Waals surface area (Å²) in [5.41, 5.74) is 3.52. The van der Waals surface area contributed by atoms with Crippen LogP contribution in [0.25, 0.3) is 10.9 Å². The number of urea groups is 1. The zero-order chi connectivity index (χ0) is 19.8. The lowest BCUT2D eigenvalue weighted by atomic mass is 9.83. The Hall–Kier alpha value is -2.95. The zero-order valence-electron chi connectivity index (χ0n) is 16.9. The van der Waals surface area contributed by atoms with Crippen LogP contribution in [0.2, 0.25) is 0 Å². The number of para-hydroxylation sites is 1. The molecule has 0 saturated carbocycles. The molecule has 1 fully saturated rings. The summed E-state index contributed by atoms with van der Waals surface area (Å²) in [7, 11) is 2.04. The number of hydrogen-bond donors (Lipinski definition) is 1. The van der Waals surface area contributed by atoms with E-state index in [1.165, 1.54) is 16.5 Å². The van der Waals surface area contributed by atoms with E-state index in [-0.39, 0.29) is 11.6 Å². The average Bonchev–Trinajstić information content (AvgIpc) is 3.12. The van der Waals surface area contributed by atoms with Crippen LogP contribution in [0.3, 0.4) is 0 Å². The topological polar surface area (TPSA) is 46.5 Å². The van der Waals surface area contributed by atoms with Crippen LogP contribution >= 0.6 is 0 Å². The molecule has 0 atom stereocenters. The largest absolute Gasteiger partial charge is 0.487 e. The van der Waals surface area contributed by atoms with E-state index in [0.717, 1.165) is 50.1 Å². The lowest BCUT2D eigenvalue weighted by molar-refractivity contribution is -0.00553. The highest BCUT2D eigenvalue weighted by Gasteiger charge is 2.40. The van der Waals surface area contributed by atoms with Gasteiger partial charge in [0.15, 0.2) is 0 Å². The number of nitrogens with one attached hydrogen (secondary N) is 1. The Morgan fingerprint density at radius 3 is 2.79 bits per heavy atom. The van der Waals surface area contributed by atoms with Crippen LogP contribution < -0.4 is 10.1 Å². The minimum atomic E-state index is -0.108. The van der Waals surface area contributed by atoms with Gasteiger partial charge in [0, 0.05) is 51.2 Å². The highest BCUT2D eigenvalue weighted by molar-refractivity contribution is 5.81. The summed E-state index contributed by atoms with van der Waals surface area (Å²) in [6, 6.07) is 16.8. The molecule has 2 amide bonds. The van der Waals surface area contributed by atoms with Gasteiger partial charge >= 0.3 is 6.03 Å². The number of piperidine rings is 1. The summed E-state index contributed by atoms with van der Waals surface area (Å²) in [6.45, 7) is 2.03. The first-order valence-corrected chi connectivity index (χ1v) is 10.5. The average molecular weight is 389 g/mol. The maximum absolute atomic E-state index is 12.7. The number of carbonyl (C=O) groups excluding carboxylic acids is 1. The lowest BCUT2D eigenvalue weighted by Gasteiger charge is -2.44. The number of aryl methyl sites for hydroxylation is 2. The lowest BCUT2D eigenvalue weighted by Crippen LogP contribution is -2.53. The summed E-state index contributed by atoms with van der Waals surface area (Å²) in [6.07, 6.45) is 5.94. The smallest absolute Gasteiger partial charge is 0.317 e. The standard InChI is InChI=1S/C24H27N3O2/c1-26-13-9-20-16-18(6-7-21(20)26)17-25-23(28)27-14-11-24(12-15-27)10-8-19-4-2-3-5-22(19)29-24/h2-7,9,13,16H,8,10-12,14-15,17H2,1H3,(H,25,28). The molecule has 5 rings (SSSR count). The Morgan fingerprint density at radius 1 is 1.10 bits per heavy atom. The summed E-state index contributed by atoms with van der Waals surface area (Å²) in [4.78, 5) is 14.6. The zero-order valence-corrected chi connectivity index (χ0v) is 16.9. The second kappa shape index (κ2) is 7.14. The van der Waals surface area contributed by atoms with E-state index in [2.05, 4.69) is 58.5 Å². The monoisotopic (exact) mass is 389 g/mol. The SMILES string of the molecule is Cn1ccc2cc(CNC(=O)N3CCC4(CCc5ccccc5O4)CC3)ccc21. The molecule has 2 aromatic carbocycles. The predicted molar refractivity (Wildman–Crippen MR) is 114 cm³/mol. The number of amides is 2. The molecule has 1 spiro atoms. The van der Waals surface area contributed by atoms with E-state index in [9.17, 15) is 4.79 Å². The molecule has 5 heteroatoms. The molecular weight excluding hydrogens is 362 g/mol. The van der Waals surface area contributed by atoms with Crippen molar-refractivity contribution in [2.45, 2.75) is 37.8 Å². The molecule has 3 heterocycles. The molecule has 1 N–H and O–H groups in total.